The maximum absolute atomic E-state index is 14.3. The summed E-state index contributed by atoms with van der Waals surface area (Å²) in [7, 11) is 0. The third-order valence-corrected chi connectivity index (χ3v) is 6.46. The van der Waals surface area contributed by atoms with Crippen LogP contribution in [-0.2, 0) is 10.2 Å². The summed E-state index contributed by atoms with van der Waals surface area (Å²) >= 11 is 18.4. The van der Waals surface area contributed by atoms with Gasteiger partial charge in [-0.2, -0.15) is 13.2 Å². The Morgan fingerprint density at radius 1 is 1.13 bits per heavy atom. The summed E-state index contributed by atoms with van der Waals surface area (Å²) in [6, 6.07) is 9.31. The van der Waals surface area contributed by atoms with E-state index < -0.39 is 11.6 Å². The summed E-state index contributed by atoms with van der Waals surface area (Å²) in [5.41, 5.74) is -0.599. The Labute approximate surface area is 188 Å². The Morgan fingerprint density at radius 3 is 2.30 bits per heavy atom. The van der Waals surface area contributed by atoms with Crippen molar-refractivity contribution in [1.82, 2.24) is 0 Å². The Kier molecular flexibility index (Phi) is 6.66. The van der Waals surface area contributed by atoms with Gasteiger partial charge in [0.1, 0.15) is 11.2 Å². The highest BCUT2D eigenvalue weighted by Gasteiger charge is 2.59. The molecule has 0 N–H and O–H groups in total. The van der Waals surface area contributed by atoms with Crippen molar-refractivity contribution >= 4 is 46.3 Å². The third-order valence-electron chi connectivity index (χ3n) is 5.70. The highest BCUT2D eigenvalue weighted by atomic mass is 35.5. The second-order valence-electron chi connectivity index (χ2n) is 7.92. The first-order chi connectivity index (χ1) is 13.9. The molecule has 1 fully saturated rings. The van der Waals surface area contributed by atoms with Crippen LogP contribution in [0, 0.1) is 0 Å². The van der Waals surface area contributed by atoms with Crippen molar-refractivity contribution in [3.8, 4) is 0 Å². The molecule has 1 aliphatic heterocycles. The van der Waals surface area contributed by atoms with Gasteiger partial charge in [0.15, 0.2) is 0 Å². The number of carbonyl (C=O) groups is 1. The number of hydrogen-bond donors (Lipinski definition) is 0. The summed E-state index contributed by atoms with van der Waals surface area (Å²) in [4.78, 5) is 13.1. The zero-order valence-electron chi connectivity index (χ0n) is 16.5. The van der Waals surface area contributed by atoms with E-state index in [9.17, 15) is 18.0 Å². The molecule has 2 aromatic rings. The molecule has 1 aliphatic rings. The summed E-state index contributed by atoms with van der Waals surface area (Å²) in [5.74, 6) is -0.0113. The molecule has 0 radical (unpaired) electrons. The first-order valence-electron chi connectivity index (χ1n) is 9.50. The van der Waals surface area contributed by atoms with E-state index in [-0.39, 0.29) is 46.8 Å². The number of halogens is 6. The predicted molar refractivity (Wildman–Crippen MR) is 116 cm³/mol. The highest BCUT2D eigenvalue weighted by molar-refractivity contribution is 6.34. The normalized spacial score (nSPS) is 20.5. The highest BCUT2D eigenvalue weighted by Crippen LogP contribution is 2.49. The van der Waals surface area contributed by atoms with Crippen LogP contribution in [-0.4, -0.2) is 25.0 Å². The molecule has 8 heteroatoms. The summed E-state index contributed by atoms with van der Waals surface area (Å²) in [6.07, 6.45) is -4.24. The molecule has 1 heterocycles. The van der Waals surface area contributed by atoms with E-state index in [2.05, 4.69) is 0 Å². The average Bonchev–Trinajstić information content (AvgIpc) is 3.06. The van der Waals surface area contributed by atoms with Crippen molar-refractivity contribution in [2.45, 2.75) is 44.2 Å². The van der Waals surface area contributed by atoms with Gasteiger partial charge in [0.25, 0.3) is 0 Å². The molecule has 0 aromatic heterocycles. The Morgan fingerprint density at radius 2 is 1.77 bits per heavy atom. The van der Waals surface area contributed by atoms with Gasteiger partial charge in [-0.15, -0.1) is 0 Å². The SMILES string of the molecule is CC(=O)CC(C)c1ccc(N2CCC(c3cc(Cl)cc(Cl)c3)(C(F)(F)F)C2)cc1Cl. The zero-order valence-corrected chi connectivity index (χ0v) is 18.8. The molecule has 30 heavy (non-hydrogen) atoms. The number of hydrogen-bond acceptors (Lipinski definition) is 2. The van der Waals surface area contributed by atoms with E-state index in [0.29, 0.717) is 17.1 Å². The lowest BCUT2D eigenvalue weighted by molar-refractivity contribution is -0.184. The van der Waals surface area contributed by atoms with Gasteiger partial charge in [-0.3, -0.25) is 0 Å². The fraction of sp³-hybridized carbons (Fsp3) is 0.409. The quantitative estimate of drug-likeness (QED) is 0.445. The van der Waals surface area contributed by atoms with Crippen LogP contribution in [0.2, 0.25) is 15.1 Å². The van der Waals surface area contributed by atoms with Gasteiger partial charge < -0.3 is 9.69 Å². The van der Waals surface area contributed by atoms with Gasteiger partial charge in [0, 0.05) is 40.3 Å². The fourth-order valence-electron chi connectivity index (χ4n) is 4.14. The molecule has 0 saturated carbocycles. The molecule has 0 amide bonds. The van der Waals surface area contributed by atoms with Crippen LogP contribution in [0.5, 0.6) is 0 Å². The summed E-state index contributed by atoms with van der Waals surface area (Å²) in [5, 5.41) is 0.787. The van der Waals surface area contributed by atoms with Crippen LogP contribution in [0.4, 0.5) is 18.9 Å². The molecule has 2 aromatic carbocycles. The van der Waals surface area contributed by atoms with Gasteiger partial charge in [0.2, 0.25) is 0 Å². The minimum Gasteiger partial charge on any atom is -0.370 e. The first kappa shape index (κ1) is 23.2. The third kappa shape index (κ3) is 4.58. The number of rotatable bonds is 5. The Balaban J connectivity index is 1.93. The van der Waals surface area contributed by atoms with E-state index in [4.69, 9.17) is 34.8 Å². The summed E-state index contributed by atoms with van der Waals surface area (Å²) in [6.45, 7) is 3.37. The molecule has 2 atom stereocenters. The number of alkyl halides is 3. The van der Waals surface area contributed by atoms with Gasteiger partial charge in [0.05, 0.1) is 0 Å². The zero-order chi connectivity index (χ0) is 22.3. The second-order valence-corrected chi connectivity index (χ2v) is 9.20. The van der Waals surface area contributed by atoms with Gasteiger partial charge in [-0.05, 0) is 60.7 Å². The summed E-state index contributed by atoms with van der Waals surface area (Å²) < 4.78 is 42.8. The molecular weight excluding hydrogens is 458 g/mol. The minimum atomic E-state index is -4.48. The van der Waals surface area contributed by atoms with Crippen LogP contribution >= 0.6 is 34.8 Å². The van der Waals surface area contributed by atoms with Crippen molar-refractivity contribution in [2.24, 2.45) is 0 Å². The topological polar surface area (TPSA) is 20.3 Å². The van der Waals surface area contributed by atoms with Crippen molar-refractivity contribution in [3.63, 3.8) is 0 Å². The minimum absolute atomic E-state index is 0.0531. The number of ketones is 1. The second kappa shape index (κ2) is 8.60. The largest absolute Gasteiger partial charge is 0.400 e. The van der Waals surface area contributed by atoms with E-state index >= 15 is 0 Å². The number of carbonyl (C=O) groups excluding carboxylic acids is 1. The number of Topliss-reactive ketones (excluding diaryl/α,β-unsaturated/α-hetero) is 1. The van der Waals surface area contributed by atoms with E-state index in [1.54, 1.807) is 23.1 Å². The van der Waals surface area contributed by atoms with Gasteiger partial charge >= 0.3 is 6.18 Å². The Hall–Kier alpha value is -1.43. The van der Waals surface area contributed by atoms with Crippen LogP contribution in [0.1, 0.15) is 43.7 Å². The smallest absolute Gasteiger partial charge is 0.370 e. The van der Waals surface area contributed by atoms with Crippen molar-refractivity contribution < 1.29 is 18.0 Å². The van der Waals surface area contributed by atoms with Crippen LogP contribution in [0.25, 0.3) is 0 Å². The lowest BCUT2D eigenvalue weighted by Gasteiger charge is -2.33. The standard InChI is InChI=1S/C22H21Cl3F3NO/c1-13(7-14(2)30)19-4-3-18(11-20(19)25)29-6-5-21(12-29,22(26,27)28)15-8-16(23)10-17(24)9-15/h3-4,8-11,13H,5-7,12H2,1-2H3. The van der Waals surface area contributed by atoms with Crippen LogP contribution in [0.3, 0.4) is 0 Å². The van der Waals surface area contributed by atoms with E-state index in [0.717, 1.165) is 5.56 Å². The molecule has 0 bridgehead atoms. The molecule has 2 nitrogen and oxygen atoms in total. The number of anilines is 1. The molecule has 2 unspecified atom stereocenters. The molecule has 0 aliphatic carbocycles. The fourth-order valence-corrected chi connectivity index (χ4v) is 5.03. The lowest BCUT2D eigenvalue weighted by Crippen LogP contribution is -2.44. The first-order valence-corrected chi connectivity index (χ1v) is 10.6. The Bertz CT molecular complexity index is 943. The molecule has 3 rings (SSSR count). The number of benzene rings is 2. The van der Waals surface area contributed by atoms with Crippen molar-refractivity contribution in [2.75, 3.05) is 18.0 Å². The molecule has 1 saturated heterocycles. The van der Waals surface area contributed by atoms with Gasteiger partial charge in [-0.1, -0.05) is 47.8 Å². The molecule has 0 spiro atoms. The van der Waals surface area contributed by atoms with E-state index in [1.165, 1.54) is 25.1 Å². The van der Waals surface area contributed by atoms with Crippen molar-refractivity contribution in [3.05, 3.63) is 62.6 Å². The monoisotopic (exact) mass is 477 g/mol. The maximum Gasteiger partial charge on any atom is 0.400 e. The van der Waals surface area contributed by atoms with Crippen molar-refractivity contribution in [1.29, 1.82) is 0 Å². The lowest BCUT2D eigenvalue weighted by atomic mass is 9.79. The van der Waals surface area contributed by atoms with E-state index in [1.807, 2.05) is 6.92 Å². The number of nitrogens with zero attached hydrogens (tertiary/aromatic N) is 1. The predicted octanol–water partition coefficient (Wildman–Crippen LogP) is 7.44. The average molecular weight is 479 g/mol. The molecular formula is C22H21Cl3F3NO. The molecule has 162 valence electrons. The maximum atomic E-state index is 14.3. The van der Waals surface area contributed by atoms with Gasteiger partial charge in [-0.25, -0.2) is 0 Å². The van der Waals surface area contributed by atoms with Crippen LogP contribution < -0.4 is 4.90 Å². The van der Waals surface area contributed by atoms with Crippen LogP contribution in [0.15, 0.2) is 36.4 Å².